The van der Waals surface area contributed by atoms with Crippen molar-refractivity contribution in [1.82, 2.24) is 19.9 Å². The Morgan fingerprint density at radius 1 is 1.07 bits per heavy atom. The molecule has 2 aromatic rings. The number of piperazine rings is 1. The van der Waals surface area contributed by atoms with Crippen LogP contribution in [-0.2, 0) is 22.3 Å². The van der Waals surface area contributed by atoms with Crippen molar-refractivity contribution in [3.05, 3.63) is 59.8 Å². The third-order valence-corrected chi connectivity index (χ3v) is 6.24. The average Bonchev–Trinajstić information content (AvgIpc) is 2.76. The Hall–Kier alpha value is -1.92. The largest absolute Gasteiger partial charge is 0.353 e. The number of nitrogens with zero attached hydrogens (tertiary/aromatic N) is 4. The van der Waals surface area contributed by atoms with Gasteiger partial charge in [0.25, 0.3) is 0 Å². The third kappa shape index (κ3) is 6.81. The molecule has 0 atom stereocenters. The van der Waals surface area contributed by atoms with Crippen molar-refractivity contribution in [2.24, 2.45) is 4.99 Å². The molecule has 1 aromatic carbocycles. The Kier molecular flexibility index (Phi) is 9.31. The fraction of sp³-hybridized carbons (Fsp3) is 0.400. The van der Waals surface area contributed by atoms with Crippen LogP contribution >= 0.6 is 24.0 Å². The van der Waals surface area contributed by atoms with Crippen LogP contribution in [0.2, 0.25) is 0 Å². The van der Waals surface area contributed by atoms with E-state index in [0.29, 0.717) is 6.54 Å². The number of anilines is 1. The molecule has 0 aliphatic carbocycles. The molecule has 2 N–H and O–H groups in total. The van der Waals surface area contributed by atoms with E-state index in [4.69, 9.17) is 0 Å². The summed E-state index contributed by atoms with van der Waals surface area (Å²) in [5.74, 6) is 1.86. The molecule has 1 fully saturated rings. The predicted molar refractivity (Wildman–Crippen MR) is 132 cm³/mol. The second-order valence-electron chi connectivity index (χ2n) is 6.84. The van der Waals surface area contributed by atoms with Crippen molar-refractivity contribution >= 4 is 45.8 Å². The van der Waals surface area contributed by atoms with Gasteiger partial charge in [-0.05, 0) is 30.3 Å². The SMILES string of the molecule is CN=C(NCc1ccc(CS(=O)(=O)NC)cc1)N1CCN(c2ccccn2)CC1.I. The molecule has 1 aromatic heterocycles. The molecule has 2 heterocycles. The van der Waals surface area contributed by atoms with Crippen LogP contribution in [0.4, 0.5) is 5.82 Å². The van der Waals surface area contributed by atoms with Crippen molar-refractivity contribution in [3.8, 4) is 0 Å². The predicted octanol–water partition coefficient (Wildman–Crippen LogP) is 1.65. The van der Waals surface area contributed by atoms with Gasteiger partial charge >= 0.3 is 0 Å². The van der Waals surface area contributed by atoms with Gasteiger partial charge < -0.3 is 15.1 Å². The number of pyridine rings is 1. The topological polar surface area (TPSA) is 89.9 Å². The first-order valence-corrected chi connectivity index (χ1v) is 11.3. The summed E-state index contributed by atoms with van der Waals surface area (Å²) >= 11 is 0. The lowest BCUT2D eigenvalue weighted by atomic mass is 10.1. The van der Waals surface area contributed by atoms with Crippen LogP contribution < -0.4 is 14.9 Å². The van der Waals surface area contributed by atoms with Crippen LogP contribution in [0.1, 0.15) is 11.1 Å². The lowest BCUT2D eigenvalue weighted by molar-refractivity contribution is 0.371. The number of guanidine groups is 1. The quantitative estimate of drug-likeness (QED) is 0.327. The second-order valence-corrected chi connectivity index (χ2v) is 8.77. The summed E-state index contributed by atoms with van der Waals surface area (Å²) < 4.78 is 25.6. The molecule has 3 rings (SSSR count). The zero-order valence-corrected chi connectivity index (χ0v) is 20.4. The molecule has 30 heavy (non-hydrogen) atoms. The number of sulfonamides is 1. The fourth-order valence-corrected chi connectivity index (χ4v) is 4.02. The fourth-order valence-electron chi connectivity index (χ4n) is 3.25. The maximum atomic E-state index is 11.6. The lowest BCUT2D eigenvalue weighted by Gasteiger charge is -2.37. The van der Waals surface area contributed by atoms with Gasteiger partial charge in [-0.3, -0.25) is 4.99 Å². The number of halogens is 1. The van der Waals surface area contributed by atoms with Gasteiger partial charge in [-0.1, -0.05) is 30.3 Å². The molecular weight excluding hydrogens is 515 g/mol. The van der Waals surface area contributed by atoms with E-state index in [-0.39, 0.29) is 29.7 Å². The first-order chi connectivity index (χ1) is 14.0. The van der Waals surface area contributed by atoms with E-state index in [1.165, 1.54) is 7.05 Å². The van der Waals surface area contributed by atoms with Crippen molar-refractivity contribution in [3.63, 3.8) is 0 Å². The minimum absolute atomic E-state index is 0. The summed E-state index contributed by atoms with van der Waals surface area (Å²) in [4.78, 5) is 13.4. The molecular formula is C20H29IN6O2S. The van der Waals surface area contributed by atoms with Gasteiger partial charge in [0.05, 0.1) is 5.75 Å². The Labute approximate surface area is 195 Å². The maximum absolute atomic E-state index is 11.6. The molecule has 10 heteroatoms. The Morgan fingerprint density at radius 2 is 1.73 bits per heavy atom. The molecule has 0 unspecified atom stereocenters. The molecule has 0 spiro atoms. The van der Waals surface area contributed by atoms with E-state index >= 15 is 0 Å². The second kappa shape index (κ2) is 11.5. The monoisotopic (exact) mass is 544 g/mol. The van der Waals surface area contributed by atoms with Gasteiger partial charge in [-0.25, -0.2) is 18.1 Å². The first-order valence-electron chi connectivity index (χ1n) is 9.61. The van der Waals surface area contributed by atoms with Crippen molar-refractivity contribution < 1.29 is 8.42 Å². The molecule has 1 saturated heterocycles. The summed E-state index contributed by atoms with van der Waals surface area (Å²) in [5, 5.41) is 3.40. The van der Waals surface area contributed by atoms with E-state index in [0.717, 1.165) is 49.1 Å². The van der Waals surface area contributed by atoms with E-state index < -0.39 is 10.0 Å². The number of aromatic nitrogens is 1. The lowest BCUT2D eigenvalue weighted by Crippen LogP contribution is -2.52. The minimum Gasteiger partial charge on any atom is -0.353 e. The number of benzene rings is 1. The van der Waals surface area contributed by atoms with E-state index in [9.17, 15) is 8.42 Å². The van der Waals surface area contributed by atoms with Gasteiger partial charge in [0, 0.05) is 46.0 Å². The number of nitrogens with one attached hydrogen (secondary N) is 2. The van der Waals surface area contributed by atoms with E-state index in [2.05, 4.69) is 29.8 Å². The Balaban J connectivity index is 0.00000320. The van der Waals surface area contributed by atoms with Crippen LogP contribution in [0, 0.1) is 0 Å². The van der Waals surface area contributed by atoms with Gasteiger partial charge in [0.15, 0.2) is 5.96 Å². The molecule has 0 bridgehead atoms. The molecule has 0 amide bonds. The summed E-state index contributed by atoms with van der Waals surface area (Å²) in [5.41, 5.74) is 1.84. The van der Waals surface area contributed by atoms with Crippen molar-refractivity contribution in [2.75, 3.05) is 45.2 Å². The van der Waals surface area contributed by atoms with E-state index in [1.807, 2.05) is 48.7 Å². The van der Waals surface area contributed by atoms with Crippen LogP contribution in [0.25, 0.3) is 0 Å². The summed E-state index contributed by atoms with van der Waals surface area (Å²) in [7, 11) is -0.0372. The highest BCUT2D eigenvalue weighted by atomic mass is 127. The Morgan fingerprint density at radius 3 is 2.30 bits per heavy atom. The Bertz CT molecular complexity index is 914. The molecule has 164 valence electrons. The van der Waals surface area contributed by atoms with Crippen molar-refractivity contribution in [1.29, 1.82) is 0 Å². The highest BCUT2D eigenvalue weighted by Crippen LogP contribution is 2.13. The van der Waals surface area contributed by atoms with Crippen molar-refractivity contribution in [2.45, 2.75) is 12.3 Å². The van der Waals surface area contributed by atoms with Gasteiger partial charge in [0.1, 0.15) is 5.82 Å². The van der Waals surface area contributed by atoms with Crippen LogP contribution in [0.3, 0.4) is 0 Å². The molecule has 1 aliphatic heterocycles. The average molecular weight is 544 g/mol. The van der Waals surface area contributed by atoms with Gasteiger partial charge in [-0.15, -0.1) is 24.0 Å². The smallest absolute Gasteiger partial charge is 0.215 e. The molecule has 8 nitrogen and oxygen atoms in total. The highest BCUT2D eigenvalue weighted by Gasteiger charge is 2.20. The zero-order valence-electron chi connectivity index (χ0n) is 17.3. The molecule has 0 saturated carbocycles. The zero-order chi connectivity index (χ0) is 20.7. The minimum atomic E-state index is -3.25. The summed E-state index contributed by atoms with van der Waals surface area (Å²) in [6, 6.07) is 13.6. The highest BCUT2D eigenvalue weighted by molar-refractivity contribution is 14.0. The van der Waals surface area contributed by atoms with Crippen LogP contribution in [-0.4, -0.2) is 64.5 Å². The first kappa shape index (κ1) is 24.4. The van der Waals surface area contributed by atoms with E-state index in [1.54, 1.807) is 7.05 Å². The molecule has 1 aliphatic rings. The van der Waals surface area contributed by atoms with Crippen LogP contribution in [0.15, 0.2) is 53.7 Å². The number of hydrogen-bond donors (Lipinski definition) is 2. The van der Waals surface area contributed by atoms with Gasteiger partial charge in [0.2, 0.25) is 10.0 Å². The summed E-state index contributed by atoms with van der Waals surface area (Å²) in [6.07, 6.45) is 1.82. The number of hydrogen-bond acceptors (Lipinski definition) is 5. The van der Waals surface area contributed by atoms with Crippen LogP contribution in [0.5, 0.6) is 0 Å². The molecule has 0 radical (unpaired) electrons. The normalized spacial score (nSPS) is 14.9. The number of aliphatic imine (C=N–C) groups is 1. The maximum Gasteiger partial charge on any atom is 0.215 e. The van der Waals surface area contributed by atoms with Gasteiger partial charge in [-0.2, -0.15) is 0 Å². The number of rotatable bonds is 6. The summed E-state index contributed by atoms with van der Waals surface area (Å²) in [6.45, 7) is 4.17. The third-order valence-electron chi connectivity index (χ3n) is 4.91. The standard InChI is InChI=1S/C20H28N6O2S.HI/c1-21-20(26-13-11-25(12-14-26)19-5-3-4-10-23-19)24-15-17-6-8-18(9-7-17)16-29(27,28)22-2;/h3-10,22H,11-16H2,1-2H3,(H,21,24);1H.